The second-order valence-corrected chi connectivity index (χ2v) is 9.12. The van der Waals surface area contributed by atoms with Crippen LogP contribution in [0.2, 0.25) is 0 Å². The number of amides is 2. The van der Waals surface area contributed by atoms with Crippen LogP contribution in [0.15, 0.2) is 48.5 Å². The molecule has 32 heavy (non-hydrogen) atoms. The van der Waals surface area contributed by atoms with Gasteiger partial charge in [-0.2, -0.15) is 13.2 Å². The number of anilines is 1. The van der Waals surface area contributed by atoms with Gasteiger partial charge in [-0.15, -0.1) is 0 Å². The number of alkyl halides is 3. The average Bonchev–Trinajstić information content (AvgIpc) is 2.73. The van der Waals surface area contributed by atoms with E-state index in [4.69, 9.17) is 0 Å². The number of piperidine rings is 1. The van der Waals surface area contributed by atoms with Crippen LogP contribution in [0.1, 0.15) is 43.9 Å². The number of phenolic OH excluding ortho intramolecular Hbond substituents is 1. The summed E-state index contributed by atoms with van der Waals surface area (Å²) < 4.78 is 38.8. The Balaban J connectivity index is 1.43. The topological polar surface area (TPSA) is 55.8 Å². The minimum absolute atomic E-state index is 0.0498. The smallest absolute Gasteiger partial charge is 0.416 e. The molecule has 2 aromatic rings. The molecule has 0 aromatic heterocycles. The lowest BCUT2D eigenvalue weighted by Crippen LogP contribution is -2.64. The van der Waals surface area contributed by atoms with E-state index < -0.39 is 11.7 Å². The predicted octanol–water partition coefficient (Wildman–Crippen LogP) is 5.49. The first-order valence-corrected chi connectivity index (χ1v) is 10.9. The van der Waals surface area contributed by atoms with Crippen molar-refractivity contribution in [2.45, 2.75) is 44.9 Å². The van der Waals surface area contributed by atoms with Crippen LogP contribution in [-0.2, 0) is 6.18 Å². The predicted molar refractivity (Wildman–Crippen MR) is 116 cm³/mol. The van der Waals surface area contributed by atoms with E-state index in [1.807, 2.05) is 12.1 Å². The summed E-state index contributed by atoms with van der Waals surface area (Å²) >= 11 is 0. The zero-order valence-electron chi connectivity index (χ0n) is 18.2. The van der Waals surface area contributed by atoms with E-state index in [0.717, 1.165) is 37.1 Å². The van der Waals surface area contributed by atoms with E-state index >= 15 is 0 Å². The van der Waals surface area contributed by atoms with Gasteiger partial charge in [-0.25, -0.2) is 4.79 Å². The van der Waals surface area contributed by atoms with Crippen molar-refractivity contribution in [1.82, 2.24) is 9.80 Å². The molecule has 0 aliphatic carbocycles. The zero-order chi connectivity index (χ0) is 23.1. The van der Waals surface area contributed by atoms with Gasteiger partial charge in [0.15, 0.2) is 0 Å². The molecular weight excluding hydrogens is 419 g/mol. The average molecular weight is 448 g/mol. The van der Waals surface area contributed by atoms with Crippen molar-refractivity contribution in [3.63, 3.8) is 0 Å². The summed E-state index contributed by atoms with van der Waals surface area (Å²) in [7, 11) is 0. The summed E-state index contributed by atoms with van der Waals surface area (Å²) in [5.41, 5.74) is 0.563. The SMILES string of the molecule is CC(C)N1CC2(CCN(C(=O)Nc3cccc(C(F)(F)F)c3)CC2)C1c1ccc(O)cc1. The van der Waals surface area contributed by atoms with Crippen LogP contribution in [0, 0.1) is 5.41 Å². The molecule has 4 rings (SSSR count). The van der Waals surface area contributed by atoms with Gasteiger partial charge < -0.3 is 15.3 Å². The van der Waals surface area contributed by atoms with Crippen LogP contribution >= 0.6 is 0 Å². The Hall–Kier alpha value is -2.74. The van der Waals surface area contributed by atoms with Crippen LogP contribution < -0.4 is 5.32 Å². The maximum atomic E-state index is 12.9. The molecule has 8 heteroatoms. The second-order valence-electron chi connectivity index (χ2n) is 9.12. The summed E-state index contributed by atoms with van der Waals surface area (Å²) in [5.74, 6) is 0.235. The fourth-order valence-corrected chi connectivity index (χ4v) is 5.03. The molecule has 2 aliphatic rings. The molecule has 2 saturated heterocycles. The molecule has 2 fully saturated rings. The molecule has 172 valence electrons. The van der Waals surface area contributed by atoms with Gasteiger partial charge in [0, 0.05) is 42.8 Å². The highest BCUT2D eigenvalue weighted by Gasteiger charge is 2.54. The van der Waals surface area contributed by atoms with Crippen molar-refractivity contribution in [2.24, 2.45) is 5.41 Å². The Kier molecular flexibility index (Phi) is 5.83. The molecule has 2 N–H and O–H groups in total. The quantitative estimate of drug-likeness (QED) is 0.654. The molecular formula is C24H28F3N3O2. The van der Waals surface area contributed by atoms with Crippen LogP contribution in [-0.4, -0.2) is 46.6 Å². The van der Waals surface area contributed by atoms with Crippen LogP contribution in [0.4, 0.5) is 23.7 Å². The number of likely N-dealkylation sites (tertiary alicyclic amines) is 2. The lowest BCUT2D eigenvalue weighted by molar-refractivity contribution is -0.137. The van der Waals surface area contributed by atoms with Crippen molar-refractivity contribution >= 4 is 11.7 Å². The number of carbonyl (C=O) groups excluding carboxylic acids is 1. The number of phenols is 1. The van der Waals surface area contributed by atoms with E-state index in [1.165, 1.54) is 12.1 Å². The summed E-state index contributed by atoms with van der Waals surface area (Å²) in [5, 5.41) is 12.3. The number of rotatable bonds is 3. The minimum Gasteiger partial charge on any atom is -0.508 e. The van der Waals surface area contributed by atoms with Gasteiger partial charge in [0.25, 0.3) is 0 Å². The van der Waals surface area contributed by atoms with E-state index in [1.54, 1.807) is 17.0 Å². The van der Waals surface area contributed by atoms with Gasteiger partial charge in [0.05, 0.1) is 5.56 Å². The molecule has 0 bridgehead atoms. The Morgan fingerprint density at radius 1 is 1.12 bits per heavy atom. The molecule has 1 unspecified atom stereocenters. The van der Waals surface area contributed by atoms with Crippen molar-refractivity contribution in [1.29, 1.82) is 0 Å². The molecule has 0 saturated carbocycles. The summed E-state index contributed by atoms with van der Waals surface area (Å²) in [4.78, 5) is 16.8. The normalized spacial score (nSPS) is 20.9. The van der Waals surface area contributed by atoms with Crippen molar-refractivity contribution in [2.75, 3.05) is 25.0 Å². The highest BCUT2D eigenvalue weighted by atomic mass is 19.4. The first-order valence-electron chi connectivity index (χ1n) is 10.9. The van der Waals surface area contributed by atoms with Gasteiger partial charge in [0.1, 0.15) is 5.75 Å². The minimum atomic E-state index is -4.45. The molecule has 2 aliphatic heterocycles. The number of halogens is 3. The van der Waals surface area contributed by atoms with Crippen molar-refractivity contribution in [3.8, 4) is 5.75 Å². The monoisotopic (exact) mass is 447 g/mol. The van der Waals surface area contributed by atoms with Crippen LogP contribution in [0.3, 0.4) is 0 Å². The van der Waals surface area contributed by atoms with E-state index in [0.29, 0.717) is 19.1 Å². The van der Waals surface area contributed by atoms with E-state index in [2.05, 4.69) is 24.1 Å². The Morgan fingerprint density at radius 3 is 2.38 bits per heavy atom. The maximum absolute atomic E-state index is 12.9. The first kappa shape index (κ1) is 22.5. The molecule has 2 aromatic carbocycles. The molecule has 1 spiro atoms. The Labute approximate surface area is 185 Å². The summed E-state index contributed by atoms with van der Waals surface area (Å²) in [6.45, 7) is 6.37. The molecule has 2 heterocycles. The van der Waals surface area contributed by atoms with Gasteiger partial charge >= 0.3 is 12.2 Å². The van der Waals surface area contributed by atoms with Gasteiger partial charge in [0.2, 0.25) is 0 Å². The highest BCUT2D eigenvalue weighted by Crippen LogP contribution is 2.55. The molecule has 0 radical (unpaired) electrons. The molecule has 2 amide bonds. The number of urea groups is 1. The number of aromatic hydroxyl groups is 1. The number of nitrogens with zero attached hydrogens (tertiary/aromatic N) is 2. The standard InChI is InChI=1S/C24H28F3N3O2/c1-16(2)30-15-23(21(30)17-6-8-20(31)9-7-17)10-12-29(13-11-23)22(32)28-19-5-3-4-18(14-19)24(25,26)27/h3-9,14,16,21,31H,10-13,15H2,1-2H3,(H,28,32). The number of nitrogens with one attached hydrogen (secondary N) is 1. The summed E-state index contributed by atoms with van der Waals surface area (Å²) in [6, 6.07) is 12.3. The van der Waals surface area contributed by atoms with Crippen LogP contribution in [0.25, 0.3) is 0 Å². The fraction of sp³-hybridized carbons (Fsp3) is 0.458. The van der Waals surface area contributed by atoms with Gasteiger partial charge in [-0.1, -0.05) is 18.2 Å². The van der Waals surface area contributed by atoms with Crippen LogP contribution in [0.5, 0.6) is 5.75 Å². The Morgan fingerprint density at radius 2 is 1.78 bits per heavy atom. The number of hydrogen-bond acceptors (Lipinski definition) is 3. The second kappa shape index (κ2) is 8.31. The third-order valence-electron chi connectivity index (χ3n) is 6.77. The third-order valence-corrected chi connectivity index (χ3v) is 6.77. The maximum Gasteiger partial charge on any atom is 0.416 e. The molecule has 5 nitrogen and oxygen atoms in total. The summed E-state index contributed by atoms with van der Waals surface area (Å²) in [6.07, 6.45) is -2.82. The lowest BCUT2D eigenvalue weighted by atomic mass is 9.62. The lowest BCUT2D eigenvalue weighted by Gasteiger charge is -2.62. The third kappa shape index (κ3) is 4.28. The van der Waals surface area contributed by atoms with E-state index in [-0.39, 0.29) is 28.9 Å². The highest BCUT2D eigenvalue weighted by molar-refractivity contribution is 5.89. The van der Waals surface area contributed by atoms with Gasteiger partial charge in [-0.05, 0) is 62.6 Å². The number of carbonyl (C=O) groups is 1. The van der Waals surface area contributed by atoms with Gasteiger partial charge in [-0.3, -0.25) is 4.90 Å². The fourth-order valence-electron chi connectivity index (χ4n) is 5.03. The molecule has 1 atom stereocenters. The Bertz CT molecular complexity index is 967. The van der Waals surface area contributed by atoms with Crippen molar-refractivity contribution in [3.05, 3.63) is 59.7 Å². The van der Waals surface area contributed by atoms with E-state index in [9.17, 15) is 23.1 Å². The number of hydrogen-bond donors (Lipinski definition) is 2. The largest absolute Gasteiger partial charge is 0.508 e. The first-order chi connectivity index (χ1) is 15.1. The van der Waals surface area contributed by atoms with Crippen molar-refractivity contribution < 1.29 is 23.1 Å². The number of benzene rings is 2. The zero-order valence-corrected chi connectivity index (χ0v) is 18.2.